The first-order chi connectivity index (χ1) is 13.0. The van der Waals surface area contributed by atoms with Gasteiger partial charge in [-0.3, -0.25) is 4.79 Å². The highest BCUT2D eigenvalue weighted by molar-refractivity contribution is 8.19. The van der Waals surface area contributed by atoms with E-state index in [1.165, 1.54) is 11.1 Å². The number of esters is 1. The molecule has 0 saturated carbocycles. The van der Waals surface area contributed by atoms with Crippen LogP contribution in [0.1, 0.15) is 38.6 Å². The Bertz CT molecular complexity index is 784. The van der Waals surface area contributed by atoms with E-state index in [1.807, 2.05) is 66.8 Å². The second kappa shape index (κ2) is 9.33. The van der Waals surface area contributed by atoms with Crippen LogP contribution in [0, 0.1) is 6.92 Å². The maximum Gasteiger partial charge on any atom is 0.338 e. The molecule has 2 aromatic rings. The number of thioether (sulfide) groups is 2. The minimum absolute atomic E-state index is 0.306. The summed E-state index contributed by atoms with van der Waals surface area (Å²) in [7, 11) is 0. The highest BCUT2D eigenvalue weighted by Crippen LogP contribution is 2.45. The van der Waals surface area contributed by atoms with Crippen LogP contribution in [0.15, 0.2) is 48.5 Å². The van der Waals surface area contributed by atoms with Gasteiger partial charge in [0.2, 0.25) is 0 Å². The number of hydrogen-bond donors (Lipinski definition) is 1. The summed E-state index contributed by atoms with van der Waals surface area (Å²) in [5.74, 6) is 1.54. The number of ether oxygens (including phenoxy) is 1. The molecular weight excluding hydrogens is 378 g/mol. The number of rotatable bonds is 6. The molecule has 142 valence electrons. The average molecular weight is 402 g/mol. The molecule has 27 heavy (non-hydrogen) atoms. The van der Waals surface area contributed by atoms with E-state index in [4.69, 9.17) is 4.74 Å². The Morgan fingerprint density at radius 1 is 1.07 bits per heavy atom. The molecule has 0 aromatic heterocycles. The maximum absolute atomic E-state index is 12.3. The van der Waals surface area contributed by atoms with E-state index in [0.717, 1.165) is 17.1 Å². The van der Waals surface area contributed by atoms with Gasteiger partial charge in [0.25, 0.3) is 5.91 Å². The third kappa shape index (κ3) is 5.53. The first-order valence-electron chi connectivity index (χ1n) is 8.90. The Morgan fingerprint density at radius 3 is 2.33 bits per heavy atom. The number of amides is 1. The predicted molar refractivity (Wildman–Crippen MR) is 112 cm³/mol. The van der Waals surface area contributed by atoms with Gasteiger partial charge in [0.15, 0.2) is 6.10 Å². The molecule has 0 unspecified atom stereocenters. The number of carbonyl (C=O) groups is 2. The van der Waals surface area contributed by atoms with Gasteiger partial charge in [0.1, 0.15) is 0 Å². The van der Waals surface area contributed by atoms with E-state index >= 15 is 0 Å². The molecule has 0 spiro atoms. The van der Waals surface area contributed by atoms with Gasteiger partial charge in [-0.05, 0) is 37.1 Å². The summed E-state index contributed by atoms with van der Waals surface area (Å²) in [6.45, 7) is 4.01. The lowest BCUT2D eigenvalue weighted by molar-refractivity contribution is -0.129. The van der Waals surface area contributed by atoms with Crippen LogP contribution in [-0.2, 0) is 16.1 Å². The van der Waals surface area contributed by atoms with Gasteiger partial charge < -0.3 is 10.1 Å². The minimum Gasteiger partial charge on any atom is -0.449 e. The average Bonchev–Trinajstić information content (AvgIpc) is 3.22. The Labute approximate surface area is 168 Å². The molecule has 1 saturated heterocycles. The summed E-state index contributed by atoms with van der Waals surface area (Å²) >= 11 is 3.84. The van der Waals surface area contributed by atoms with Crippen LogP contribution in [0.2, 0.25) is 0 Å². The lowest BCUT2D eigenvalue weighted by atomic mass is 10.1. The monoisotopic (exact) mass is 401 g/mol. The third-order valence-corrected chi connectivity index (χ3v) is 7.39. The molecule has 1 fully saturated rings. The smallest absolute Gasteiger partial charge is 0.338 e. The molecule has 4 nitrogen and oxygen atoms in total. The topological polar surface area (TPSA) is 55.4 Å². The fourth-order valence-corrected chi connectivity index (χ4v) is 5.51. The Hall–Kier alpha value is -1.92. The first kappa shape index (κ1) is 19.8. The summed E-state index contributed by atoms with van der Waals surface area (Å²) in [6, 6.07) is 15.4. The van der Waals surface area contributed by atoms with Crippen molar-refractivity contribution in [3.63, 3.8) is 0 Å². The molecule has 1 atom stereocenters. The second-order valence-corrected chi connectivity index (χ2v) is 9.17. The molecule has 0 aliphatic carbocycles. The lowest BCUT2D eigenvalue weighted by Crippen LogP contribution is -2.35. The summed E-state index contributed by atoms with van der Waals surface area (Å²) < 4.78 is 5.76. The van der Waals surface area contributed by atoms with Gasteiger partial charge in [0.05, 0.1) is 10.1 Å². The Morgan fingerprint density at radius 2 is 1.70 bits per heavy atom. The van der Waals surface area contributed by atoms with Crippen LogP contribution >= 0.6 is 23.5 Å². The standard InChI is InChI=1S/C21H23NO3S2/c1-14-3-5-16(6-4-14)13-22-19(23)15(2)25-20(24)17-7-9-18(10-8-17)21-26-11-12-27-21/h3-10,15,21H,11-13H2,1-2H3,(H,22,23)/t15-/m1/s1. The van der Waals surface area contributed by atoms with Crippen LogP contribution in [0.25, 0.3) is 0 Å². The molecule has 6 heteroatoms. The fraction of sp³-hybridized carbons (Fsp3) is 0.333. The highest BCUT2D eigenvalue weighted by Gasteiger charge is 2.21. The van der Waals surface area contributed by atoms with Gasteiger partial charge in [-0.25, -0.2) is 4.79 Å². The number of hydrogen-bond acceptors (Lipinski definition) is 5. The molecule has 2 aromatic carbocycles. The zero-order chi connectivity index (χ0) is 19.2. The maximum atomic E-state index is 12.3. The van der Waals surface area contributed by atoms with Crippen molar-refractivity contribution in [1.82, 2.24) is 5.32 Å². The van der Waals surface area contributed by atoms with E-state index < -0.39 is 12.1 Å². The summed E-state index contributed by atoms with van der Waals surface area (Å²) in [6.07, 6.45) is -0.844. The van der Waals surface area contributed by atoms with E-state index in [9.17, 15) is 9.59 Å². The zero-order valence-electron chi connectivity index (χ0n) is 15.4. The third-order valence-electron chi connectivity index (χ3n) is 4.28. The number of benzene rings is 2. The van der Waals surface area contributed by atoms with Crippen LogP contribution in [0.4, 0.5) is 0 Å². The number of aryl methyl sites for hydroxylation is 1. The van der Waals surface area contributed by atoms with E-state index in [0.29, 0.717) is 16.7 Å². The summed E-state index contributed by atoms with van der Waals surface area (Å²) in [4.78, 5) is 24.5. The molecule has 1 aliphatic rings. The zero-order valence-corrected chi connectivity index (χ0v) is 17.1. The van der Waals surface area contributed by atoms with E-state index in [1.54, 1.807) is 19.1 Å². The molecule has 0 radical (unpaired) electrons. The van der Waals surface area contributed by atoms with Gasteiger partial charge in [-0.15, -0.1) is 23.5 Å². The first-order valence-corrected chi connectivity index (χ1v) is 11.0. The van der Waals surface area contributed by atoms with Crippen LogP contribution in [-0.4, -0.2) is 29.5 Å². The lowest BCUT2D eigenvalue weighted by Gasteiger charge is -2.14. The van der Waals surface area contributed by atoms with Gasteiger partial charge in [-0.1, -0.05) is 42.0 Å². The molecule has 0 bridgehead atoms. The summed E-state index contributed by atoms with van der Waals surface area (Å²) in [5, 5.41) is 2.80. The number of carbonyl (C=O) groups excluding carboxylic acids is 2. The predicted octanol–water partition coefficient (Wildman–Crippen LogP) is 4.34. The second-order valence-electron chi connectivity index (χ2n) is 6.45. The van der Waals surface area contributed by atoms with Crippen molar-refractivity contribution in [3.05, 3.63) is 70.8 Å². The fourth-order valence-electron chi connectivity index (χ4n) is 2.65. The molecule has 1 N–H and O–H groups in total. The quantitative estimate of drug-likeness (QED) is 0.730. The normalized spacial score (nSPS) is 15.3. The Kier molecular flexibility index (Phi) is 6.85. The molecule has 1 aliphatic heterocycles. The van der Waals surface area contributed by atoms with Crippen molar-refractivity contribution in [3.8, 4) is 0 Å². The van der Waals surface area contributed by atoms with Crippen molar-refractivity contribution in [1.29, 1.82) is 0 Å². The largest absolute Gasteiger partial charge is 0.449 e. The van der Waals surface area contributed by atoms with Crippen LogP contribution in [0.3, 0.4) is 0 Å². The van der Waals surface area contributed by atoms with Crippen LogP contribution in [0.5, 0.6) is 0 Å². The van der Waals surface area contributed by atoms with E-state index in [2.05, 4.69) is 5.32 Å². The SMILES string of the molecule is Cc1ccc(CNC(=O)[C@@H](C)OC(=O)c2ccc(C3SCCS3)cc2)cc1. The van der Waals surface area contributed by atoms with E-state index in [-0.39, 0.29) is 5.91 Å². The molecule has 1 heterocycles. The summed E-state index contributed by atoms with van der Waals surface area (Å²) in [5.41, 5.74) is 3.85. The number of nitrogens with one attached hydrogen (secondary N) is 1. The van der Waals surface area contributed by atoms with Gasteiger partial charge in [0, 0.05) is 18.1 Å². The minimum atomic E-state index is -0.844. The molecular formula is C21H23NO3S2. The van der Waals surface area contributed by atoms with Crippen molar-refractivity contribution < 1.29 is 14.3 Å². The van der Waals surface area contributed by atoms with Crippen molar-refractivity contribution in [2.75, 3.05) is 11.5 Å². The Balaban J connectivity index is 1.50. The van der Waals surface area contributed by atoms with Gasteiger partial charge in [-0.2, -0.15) is 0 Å². The van der Waals surface area contributed by atoms with Crippen LogP contribution < -0.4 is 5.32 Å². The van der Waals surface area contributed by atoms with Crippen molar-refractivity contribution in [2.24, 2.45) is 0 Å². The molecule has 1 amide bonds. The highest BCUT2D eigenvalue weighted by atomic mass is 32.2. The van der Waals surface area contributed by atoms with Gasteiger partial charge >= 0.3 is 5.97 Å². The molecule has 3 rings (SSSR count). The van der Waals surface area contributed by atoms with Crippen molar-refractivity contribution >= 4 is 35.4 Å². The van der Waals surface area contributed by atoms with Crippen molar-refractivity contribution in [2.45, 2.75) is 31.1 Å².